The van der Waals surface area contributed by atoms with Crippen molar-refractivity contribution in [2.45, 2.75) is 0 Å². The molecule has 1 heterocycles. The van der Waals surface area contributed by atoms with Crippen molar-refractivity contribution >= 4 is 6.08 Å². The zero-order valence-corrected chi connectivity index (χ0v) is 10.4. The highest BCUT2D eigenvalue weighted by atomic mass is 16.5. The van der Waals surface area contributed by atoms with Gasteiger partial charge in [-0.1, -0.05) is 24.3 Å². The number of rotatable bonds is 4. The maximum absolute atomic E-state index is 5.13. The van der Waals surface area contributed by atoms with Crippen molar-refractivity contribution in [3.63, 3.8) is 0 Å². The summed E-state index contributed by atoms with van der Waals surface area (Å²) in [6, 6.07) is 8.13. The lowest BCUT2D eigenvalue weighted by Gasteiger charge is -2.25. The smallest absolute Gasteiger partial charge is 0.118 e. The van der Waals surface area contributed by atoms with E-state index in [2.05, 4.69) is 34.5 Å². The van der Waals surface area contributed by atoms with Gasteiger partial charge in [-0.15, -0.1) is 0 Å². The first-order valence-electron chi connectivity index (χ1n) is 6.12. The second kappa shape index (κ2) is 6.42. The van der Waals surface area contributed by atoms with Crippen LogP contribution < -0.4 is 10.1 Å². The molecule has 17 heavy (non-hydrogen) atoms. The molecule has 0 saturated carbocycles. The van der Waals surface area contributed by atoms with Crippen LogP contribution in [-0.2, 0) is 0 Å². The zero-order chi connectivity index (χ0) is 11.9. The first-order valence-corrected chi connectivity index (χ1v) is 6.12. The van der Waals surface area contributed by atoms with Crippen LogP contribution in [0.15, 0.2) is 30.3 Å². The number of methoxy groups -OCH3 is 1. The summed E-state index contributed by atoms with van der Waals surface area (Å²) in [6.45, 7) is 5.54. The Morgan fingerprint density at radius 2 is 1.94 bits per heavy atom. The Morgan fingerprint density at radius 3 is 2.59 bits per heavy atom. The van der Waals surface area contributed by atoms with Gasteiger partial charge < -0.3 is 10.1 Å². The lowest BCUT2D eigenvalue weighted by molar-refractivity contribution is 0.265. The summed E-state index contributed by atoms with van der Waals surface area (Å²) in [5.41, 5.74) is 1.22. The molecule has 1 saturated heterocycles. The van der Waals surface area contributed by atoms with Gasteiger partial charge in [0.05, 0.1) is 7.11 Å². The molecule has 3 heteroatoms. The summed E-state index contributed by atoms with van der Waals surface area (Å²) < 4.78 is 5.13. The Labute approximate surface area is 103 Å². The molecule has 0 aliphatic carbocycles. The molecule has 0 amide bonds. The quantitative estimate of drug-likeness (QED) is 0.853. The van der Waals surface area contributed by atoms with Crippen LogP contribution in [0.25, 0.3) is 6.08 Å². The molecule has 92 valence electrons. The van der Waals surface area contributed by atoms with E-state index in [9.17, 15) is 0 Å². The van der Waals surface area contributed by atoms with Gasteiger partial charge in [-0.3, -0.25) is 4.90 Å². The van der Waals surface area contributed by atoms with Gasteiger partial charge in [0.15, 0.2) is 0 Å². The maximum Gasteiger partial charge on any atom is 0.118 e. The van der Waals surface area contributed by atoms with Crippen LogP contribution in [0.3, 0.4) is 0 Å². The van der Waals surface area contributed by atoms with E-state index < -0.39 is 0 Å². The number of nitrogens with one attached hydrogen (secondary N) is 1. The summed E-state index contributed by atoms with van der Waals surface area (Å²) in [5, 5.41) is 3.36. The summed E-state index contributed by atoms with van der Waals surface area (Å²) in [5.74, 6) is 0.907. The molecule has 1 N–H and O–H groups in total. The van der Waals surface area contributed by atoms with Crippen molar-refractivity contribution in [2.24, 2.45) is 0 Å². The third-order valence-corrected chi connectivity index (χ3v) is 3.00. The van der Waals surface area contributed by atoms with Crippen molar-refractivity contribution < 1.29 is 4.74 Å². The van der Waals surface area contributed by atoms with Crippen LogP contribution in [0.5, 0.6) is 5.75 Å². The van der Waals surface area contributed by atoms with Gasteiger partial charge in [0.25, 0.3) is 0 Å². The SMILES string of the molecule is COc1ccc(C=CCN2CCNCC2)cc1. The number of nitrogens with zero attached hydrogens (tertiary/aromatic N) is 1. The number of hydrogen-bond donors (Lipinski definition) is 1. The van der Waals surface area contributed by atoms with Crippen molar-refractivity contribution in [2.75, 3.05) is 39.8 Å². The molecule has 2 rings (SSSR count). The van der Waals surface area contributed by atoms with E-state index in [-0.39, 0.29) is 0 Å². The predicted octanol–water partition coefficient (Wildman–Crippen LogP) is 1.61. The van der Waals surface area contributed by atoms with Crippen LogP contribution in [-0.4, -0.2) is 44.7 Å². The third kappa shape index (κ3) is 3.88. The molecule has 1 aliphatic rings. The van der Waals surface area contributed by atoms with Gasteiger partial charge in [0.2, 0.25) is 0 Å². The van der Waals surface area contributed by atoms with Crippen LogP contribution in [0.4, 0.5) is 0 Å². The normalized spacial score (nSPS) is 17.5. The molecule has 1 aliphatic heterocycles. The largest absolute Gasteiger partial charge is 0.497 e. The summed E-state index contributed by atoms with van der Waals surface area (Å²) >= 11 is 0. The summed E-state index contributed by atoms with van der Waals surface area (Å²) in [7, 11) is 1.69. The van der Waals surface area contributed by atoms with Gasteiger partial charge in [0.1, 0.15) is 5.75 Å². The molecule has 0 radical (unpaired) electrons. The average Bonchev–Trinajstić information content (AvgIpc) is 2.41. The van der Waals surface area contributed by atoms with E-state index in [4.69, 9.17) is 4.74 Å². The molecule has 3 nitrogen and oxygen atoms in total. The topological polar surface area (TPSA) is 24.5 Å². The number of hydrogen-bond acceptors (Lipinski definition) is 3. The molecule has 0 atom stereocenters. The minimum atomic E-state index is 0.907. The standard InChI is InChI=1S/C14H20N2O/c1-17-14-6-4-13(5-7-14)3-2-10-16-11-8-15-9-12-16/h2-7,15H,8-12H2,1H3. The molecule has 1 aromatic rings. The highest BCUT2D eigenvalue weighted by Gasteiger charge is 2.06. The van der Waals surface area contributed by atoms with E-state index in [1.807, 2.05) is 12.1 Å². The Kier molecular flexibility index (Phi) is 4.59. The highest BCUT2D eigenvalue weighted by Crippen LogP contribution is 2.12. The Balaban J connectivity index is 1.82. The second-order valence-corrected chi connectivity index (χ2v) is 4.23. The highest BCUT2D eigenvalue weighted by molar-refractivity contribution is 5.50. The van der Waals surface area contributed by atoms with E-state index >= 15 is 0 Å². The van der Waals surface area contributed by atoms with Crippen molar-refractivity contribution in [1.29, 1.82) is 0 Å². The fourth-order valence-corrected chi connectivity index (χ4v) is 1.95. The van der Waals surface area contributed by atoms with Crippen LogP contribution in [0.1, 0.15) is 5.56 Å². The first-order chi connectivity index (χ1) is 8.38. The molecular formula is C14H20N2O. The fraction of sp³-hybridized carbons (Fsp3) is 0.429. The average molecular weight is 232 g/mol. The Morgan fingerprint density at radius 1 is 1.24 bits per heavy atom. The monoisotopic (exact) mass is 232 g/mol. The Bertz CT molecular complexity index is 353. The van der Waals surface area contributed by atoms with E-state index in [0.717, 1.165) is 38.5 Å². The fourth-order valence-electron chi connectivity index (χ4n) is 1.95. The molecule has 1 aromatic carbocycles. The molecular weight excluding hydrogens is 212 g/mol. The van der Waals surface area contributed by atoms with Crippen molar-refractivity contribution in [3.8, 4) is 5.75 Å². The van der Waals surface area contributed by atoms with E-state index in [1.165, 1.54) is 5.56 Å². The predicted molar refractivity (Wildman–Crippen MR) is 71.3 cm³/mol. The van der Waals surface area contributed by atoms with Crippen LogP contribution in [0, 0.1) is 0 Å². The minimum Gasteiger partial charge on any atom is -0.497 e. The van der Waals surface area contributed by atoms with Crippen LogP contribution in [0.2, 0.25) is 0 Å². The second-order valence-electron chi connectivity index (χ2n) is 4.23. The van der Waals surface area contributed by atoms with Gasteiger partial charge in [0, 0.05) is 32.7 Å². The van der Waals surface area contributed by atoms with E-state index in [0.29, 0.717) is 0 Å². The molecule has 1 fully saturated rings. The number of piperazine rings is 1. The van der Waals surface area contributed by atoms with Gasteiger partial charge >= 0.3 is 0 Å². The van der Waals surface area contributed by atoms with Crippen LogP contribution >= 0.6 is 0 Å². The van der Waals surface area contributed by atoms with Gasteiger partial charge in [-0.25, -0.2) is 0 Å². The minimum absolute atomic E-state index is 0.907. The lowest BCUT2D eigenvalue weighted by atomic mass is 10.2. The number of benzene rings is 1. The number of ether oxygens (including phenoxy) is 1. The van der Waals surface area contributed by atoms with Gasteiger partial charge in [-0.2, -0.15) is 0 Å². The van der Waals surface area contributed by atoms with Crippen molar-refractivity contribution in [1.82, 2.24) is 10.2 Å². The summed E-state index contributed by atoms with van der Waals surface area (Å²) in [6.07, 6.45) is 4.40. The van der Waals surface area contributed by atoms with Crippen molar-refractivity contribution in [3.05, 3.63) is 35.9 Å². The molecule has 0 bridgehead atoms. The Hall–Kier alpha value is -1.32. The maximum atomic E-state index is 5.13. The third-order valence-electron chi connectivity index (χ3n) is 3.00. The molecule has 0 unspecified atom stereocenters. The van der Waals surface area contributed by atoms with E-state index in [1.54, 1.807) is 7.11 Å². The molecule has 0 aromatic heterocycles. The van der Waals surface area contributed by atoms with Gasteiger partial charge in [-0.05, 0) is 17.7 Å². The first kappa shape index (κ1) is 12.1. The zero-order valence-electron chi connectivity index (χ0n) is 10.4. The molecule has 0 spiro atoms. The lowest BCUT2D eigenvalue weighted by Crippen LogP contribution is -2.43. The summed E-state index contributed by atoms with van der Waals surface area (Å²) in [4.78, 5) is 2.45.